The van der Waals surface area contributed by atoms with Crippen molar-refractivity contribution in [3.8, 4) is 0 Å². The third kappa shape index (κ3) is 3.88. The lowest BCUT2D eigenvalue weighted by atomic mass is 10.1. The molecule has 0 saturated carbocycles. The normalized spacial score (nSPS) is 11.1. The summed E-state index contributed by atoms with van der Waals surface area (Å²) in [6.45, 7) is 9.96. The van der Waals surface area contributed by atoms with E-state index in [0.29, 0.717) is 6.04 Å². The average molecular weight is 171 g/mol. The standard InChI is InChI=1S/C10H21NO/c1-4-7-11(8-9-12)10(5-2)6-3/h4,10,12H,1,5-9H2,2-3H3. The smallest absolute Gasteiger partial charge is 0.0558 e. The fourth-order valence-electron chi connectivity index (χ4n) is 1.52. The molecule has 0 atom stereocenters. The molecule has 0 aromatic rings. The minimum absolute atomic E-state index is 0.240. The van der Waals surface area contributed by atoms with Crippen molar-refractivity contribution < 1.29 is 5.11 Å². The van der Waals surface area contributed by atoms with Crippen LogP contribution < -0.4 is 0 Å². The second-order valence-electron chi connectivity index (χ2n) is 2.98. The van der Waals surface area contributed by atoms with Crippen LogP contribution in [0.25, 0.3) is 0 Å². The Hall–Kier alpha value is -0.340. The number of aliphatic hydroxyl groups excluding tert-OH is 1. The van der Waals surface area contributed by atoms with Crippen molar-refractivity contribution in [2.45, 2.75) is 32.7 Å². The molecule has 0 aliphatic rings. The second kappa shape index (κ2) is 7.32. The maximum atomic E-state index is 8.83. The zero-order chi connectivity index (χ0) is 9.40. The van der Waals surface area contributed by atoms with Crippen molar-refractivity contribution >= 4 is 0 Å². The summed E-state index contributed by atoms with van der Waals surface area (Å²) in [5.74, 6) is 0. The van der Waals surface area contributed by atoms with Gasteiger partial charge in [-0.05, 0) is 12.8 Å². The zero-order valence-corrected chi connectivity index (χ0v) is 8.29. The van der Waals surface area contributed by atoms with Crippen LogP contribution in [0.1, 0.15) is 26.7 Å². The molecule has 0 saturated heterocycles. The molecule has 1 N–H and O–H groups in total. The molecule has 0 aliphatic carbocycles. The van der Waals surface area contributed by atoms with Crippen LogP contribution in [0.5, 0.6) is 0 Å². The first-order chi connectivity index (χ1) is 5.79. The lowest BCUT2D eigenvalue weighted by Crippen LogP contribution is -2.36. The highest BCUT2D eigenvalue weighted by Crippen LogP contribution is 2.07. The minimum atomic E-state index is 0.240. The number of rotatable bonds is 7. The van der Waals surface area contributed by atoms with Crippen LogP contribution in [0.2, 0.25) is 0 Å². The van der Waals surface area contributed by atoms with Gasteiger partial charge in [0.2, 0.25) is 0 Å². The lowest BCUT2D eigenvalue weighted by molar-refractivity contribution is 0.157. The first kappa shape index (κ1) is 11.7. The van der Waals surface area contributed by atoms with Crippen molar-refractivity contribution in [3.05, 3.63) is 12.7 Å². The van der Waals surface area contributed by atoms with Gasteiger partial charge in [-0.1, -0.05) is 19.9 Å². The molecule has 2 nitrogen and oxygen atoms in total. The highest BCUT2D eigenvalue weighted by atomic mass is 16.3. The number of nitrogens with zero attached hydrogens (tertiary/aromatic N) is 1. The van der Waals surface area contributed by atoms with E-state index in [2.05, 4.69) is 25.3 Å². The van der Waals surface area contributed by atoms with Crippen LogP contribution in [0.3, 0.4) is 0 Å². The van der Waals surface area contributed by atoms with Gasteiger partial charge in [0.25, 0.3) is 0 Å². The van der Waals surface area contributed by atoms with Crippen LogP contribution in [0, 0.1) is 0 Å². The SMILES string of the molecule is C=CCN(CCO)C(CC)CC. The van der Waals surface area contributed by atoms with Gasteiger partial charge in [-0.15, -0.1) is 6.58 Å². The molecule has 0 bridgehead atoms. The first-order valence-corrected chi connectivity index (χ1v) is 4.75. The monoisotopic (exact) mass is 171 g/mol. The molecular formula is C10H21NO. The van der Waals surface area contributed by atoms with Gasteiger partial charge >= 0.3 is 0 Å². The number of hydrogen-bond acceptors (Lipinski definition) is 2. The highest BCUT2D eigenvalue weighted by Gasteiger charge is 2.11. The Morgan fingerprint density at radius 3 is 2.33 bits per heavy atom. The summed E-state index contributed by atoms with van der Waals surface area (Å²) in [6.07, 6.45) is 4.18. The summed E-state index contributed by atoms with van der Waals surface area (Å²) in [6, 6.07) is 0.593. The van der Waals surface area contributed by atoms with Gasteiger partial charge in [-0.25, -0.2) is 0 Å². The molecule has 0 aliphatic heterocycles. The van der Waals surface area contributed by atoms with Gasteiger partial charge < -0.3 is 5.11 Å². The highest BCUT2D eigenvalue weighted by molar-refractivity contribution is 4.77. The molecule has 0 heterocycles. The maximum Gasteiger partial charge on any atom is 0.0558 e. The van der Waals surface area contributed by atoms with Crippen molar-refractivity contribution in [1.82, 2.24) is 4.90 Å². The van der Waals surface area contributed by atoms with E-state index in [1.54, 1.807) is 0 Å². The molecule has 0 aromatic carbocycles. The second-order valence-corrected chi connectivity index (χ2v) is 2.98. The predicted molar refractivity (Wildman–Crippen MR) is 53.2 cm³/mol. The van der Waals surface area contributed by atoms with Gasteiger partial charge in [0.15, 0.2) is 0 Å². The molecule has 0 rings (SSSR count). The zero-order valence-electron chi connectivity index (χ0n) is 8.29. The van der Waals surface area contributed by atoms with E-state index >= 15 is 0 Å². The number of aliphatic hydroxyl groups is 1. The third-order valence-electron chi connectivity index (χ3n) is 2.21. The van der Waals surface area contributed by atoms with E-state index in [0.717, 1.165) is 25.9 Å². The summed E-state index contributed by atoms with van der Waals surface area (Å²) in [7, 11) is 0. The summed E-state index contributed by atoms with van der Waals surface area (Å²) in [5, 5.41) is 8.83. The summed E-state index contributed by atoms with van der Waals surface area (Å²) in [4.78, 5) is 2.27. The molecule has 0 unspecified atom stereocenters. The number of hydrogen-bond donors (Lipinski definition) is 1. The topological polar surface area (TPSA) is 23.5 Å². The van der Waals surface area contributed by atoms with E-state index < -0.39 is 0 Å². The van der Waals surface area contributed by atoms with E-state index in [-0.39, 0.29) is 6.61 Å². The Morgan fingerprint density at radius 2 is 2.00 bits per heavy atom. The Labute approximate surface area is 75.9 Å². The minimum Gasteiger partial charge on any atom is -0.395 e. The van der Waals surface area contributed by atoms with Gasteiger partial charge in [-0.3, -0.25) is 4.90 Å². The molecule has 0 aromatic heterocycles. The Kier molecular flexibility index (Phi) is 7.11. The molecule has 0 fully saturated rings. The van der Waals surface area contributed by atoms with Crippen molar-refractivity contribution in [1.29, 1.82) is 0 Å². The van der Waals surface area contributed by atoms with Gasteiger partial charge in [-0.2, -0.15) is 0 Å². The fourth-order valence-corrected chi connectivity index (χ4v) is 1.52. The van der Waals surface area contributed by atoms with Crippen LogP contribution in [0.15, 0.2) is 12.7 Å². The predicted octanol–water partition coefficient (Wildman–Crippen LogP) is 1.66. The van der Waals surface area contributed by atoms with Gasteiger partial charge in [0, 0.05) is 19.1 Å². The van der Waals surface area contributed by atoms with Gasteiger partial charge in [0.1, 0.15) is 0 Å². The van der Waals surface area contributed by atoms with E-state index in [9.17, 15) is 0 Å². The summed E-state index contributed by atoms with van der Waals surface area (Å²) in [5.41, 5.74) is 0. The van der Waals surface area contributed by atoms with Crippen molar-refractivity contribution in [3.63, 3.8) is 0 Å². The van der Waals surface area contributed by atoms with Crippen LogP contribution in [-0.4, -0.2) is 35.7 Å². The lowest BCUT2D eigenvalue weighted by Gasteiger charge is -2.28. The Bertz CT molecular complexity index is 110. The molecule has 2 heteroatoms. The molecule has 0 spiro atoms. The quantitative estimate of drug-likeness (QED) is 0.589. The van der Waals surface area contributed by atoms with E-state index in [4.69, 9.17) is 5.11 Å². The molecule has 0 radical (unpaired) electrons. The van der Waals surface area contributed by atoms with E-state index in [1.165, 1.54) is 0 Å². The fraction of sp³-hybridized carbons (Fsp3) is 0.800. The largest absolute Gasteiger partial charge is 0.395 e. The van der Waals surface area contributed by atoms with Crippen molar-refractivity contribution in [2.24, 2.45) is 0 Å². The summed E-state index contributed by atoms with van der Waals surface area (Å²) >= 11 is 0. The average Bonchev–Trinajstić information content (AvgIpc) is 2.07. The molecule has 12 heavy (non-hydrogen) atoms. The maximum absolute atomic E-state index is 8.83. The molecule has 0 amide bonds. The third-order valence-corrected chi connectivity index (χ3v) is 2.21. The van der Waals surface area contributed by atoms with E-state index in [1.807, 2.05) is 6.08 Å². The molecular weight excluding hydrogens is 150 g/mol. The van der Waals surface area contributed by atoms with Crippen LogP contribution in [0.4, 0.5) is 0 Å². The van der Waals surface area contributed by atoms with Crippen LogP contribution >= 0.6 is 0 Å². The Balaban J connectivity index is 3.94. The van der Waals surface area contributed by atoms with Crippen LogP contribution in [-0.2, 0) is 0 Å². The first-order valence-electron chi connectivity index (χ1n) is 4.75. The van der Waals surface area contributed by atoms with Crippen molar-refractivity contribution in [2.75, 3.05) is 19.7 Å². The van der Waals surface area contributed by atoms with Gasteiger partial charge in [0.05, 0.1) is 6.61 Å². The molecule has 72 valence electrons. The summed E-state index contributed by atoms with van der Waals surface area (Å²) < 4.78 is 0. The Morgan fingerprint density at radius 1 is 1.42 bits per heavy atom.